The third kappa shape index (κ3) is 4.18. The molecule has 0 bridgehead atoms. The summed E-state index contributed by atoms with van der Waals surface area (Å²) in [7, 11) is 4.72. The van der Waals surface area contributed by atoms with Crippen molar-refractivity contribution in [1.29, 1.82) is 0 Å². The molecule has 2 aromatic heterocycles. The summed E-state index contributed by atoms with van der Waals surface area (Å²) in [5.41, 5.74) is 1.46. The normalized spacial score (nSPS) is 15.3. The van der Waals surface area contributed by atoms with Crippen molar-refractivity contribution in [1.82, 2.24) is 19.5 Å². The number of para-hydroxylation sites is 1. The molecule has 11 heteroatoms. The monoisotopic (exact) mass is 513 g/mol. The van der Waals surface area contributed by atoms with Crippen LogP contribution in [0.25, 0.3) is 4.96 Å². The molecule has 0 aliphatic carbocycles. The van der Waals surface area contributed by atoms with Gasteiger partial charge < -0.3 is 24.2 Å². The standard InChI is InChI=1S/C25H28FN5O4S/c1-15-27-25-31(28-15)24(32)23(36-25)21(16-13-19(33-2)22(35-4)20(14-16)34-3)30-11-9-29(10-12-30)18-8-6-5-7-17(18)26/h5-8,13-14,21,32H,9-12H2,1-4H3/t21-/m0/s1. The van der Waals surface area contributed by atoms with Crippen LogP contribution in [0.1, 0.15) is 22.3 Å². The summed E-state index contributed by atoms with van der Waals surface area (Å²) < 4.78 is 32.6. The topological polar surface area (TPSA) is 84.6 Å². The number of benzene rings is 2. The number of aromatic hydroxyl groups is 1. The highest BCUT2D eigenvalue weighted by Gasteiger charge is 2.33. The molecule has 1 aliphatic rings. The summed E-state index contributed by atoms with van der Waals surface area (Å²) >= 11 is 1.39. The number of hydrogen-bond acceptors (Lipinski definition) is 9. The first-order valence-electron chi connectivity index (χ1n) is 11.5. The van der Waals surface area contributed by atoms with Crippen molar-refractivity contribution in [3.63, 3.8) is 0 Å². The fraction of sp³-hybridized carbons (Fsp3) is 0.360. The number of ether oxygens (including phenoxy) is 3. The lowest BCUT2D eigenvalue weighted by atomic mass is 10.0. The van der Waals surface area contributed by atoms with E-state index >= 15 is 0 Å². The quantitative estimate of drug-likeness (QED) is 0.399. The van der Waals surface area contributed by atoms with Crippen LogP contribution in [0.4, 0.5) is 10.1 Å². The molecule has 0 saturated carbocycles. The van der Waals surface area contributed by atoms with Gasteiger partial charge in [-0.2, -0.15) is 4.52 Å². The van der Waals surface area contributed by atoms with E-state index in [9.17, 15) is 9.50 Å². The molecule has 2 aromatic carbocycles. The van der Waals surface area contributed by atoms with Gasteiger partial charge in [0.05, 0.1) is 37.9 Å². The zero-order valence-corrected chi connectivity index (χ0v) is 21.4. The van der Waals surface area contributed by atoms with Crippen molar-refractivity contribution in [2.24, 2.45) is 0 Å². The zero-order chi connectivity index (χ0) is 25.4. The number of anilines is 1. The second kappa shape index (κ2) is 9.82. The highest BCUT2D eigenvalue weighted by atomic mass is 32.1. The molecule has 9 nitrogen and oxygen atoms in total. The first-order valence-corrected chi connectivity index (χ1v) is 12.3. The molecule has 0 unspecified atom stereocenters. The van der Waals surface area contributed by atoms with Crippen LogP contribution in [0.2, 0.25) is 0 Å². The number of nitrogens with zero attached hydrogens (tertiary/aromatic N) is 5. The number of halogens is 1. The molecule has 1 fully saturated rings. The Kier molecular flexibility index (Phi) is 6.59. The number of methoxy groups -OCH3 is 3. The molecule has 1 aliphatic heterocycles. The molecule has 5 rings (SSSR count). The second-order valence-corrected chi connectivity index (χ2v) is 9.49. The zero-order valence-electron chi connectivity index (χ0n) is 20.6. The molecule has 0 spiro atoms. The van der Waals surface area contributed by atoms with Crippen LogP contribution in [0.3, 0.4) is 0 Å². The van der Waals surface area contributed by atoms with E-state index in [4.69, 9.17) is 14.2 Å². The van der Waals surface area contributed by atoms with Crippen molar-refractivity contribution in [3.05, 3.63) is 58.5 Å². The van der Waals surface area contributed by atoms with E-state index in [1.165, 1.54) is 21.9 Å². The highest BCUT2D eigenvalue weighted by molar-refractivity contribution is 7.17. The summed E-state index contributed by atoms with van der Waals surface area (Å²) in [6.45, 7) is 4.33. The van der Waals surface area contributed by atoms with Gasteiger partial charge in [0.2, 0.25) is 16.6 Å². The number of hydrogen-bond donors (Lipinski definition) is 1. The molecule has 3 heterocycles. The van der Waals surface area contributed by atoms with Crippen LogP contribution >= 0.6 is 11.3 Å². The minimum atomic E-state index is -0.338. The van der Waals surface area contributed by atoms with Crippen LogP contribution in [0.15, 0.2) is 36.4 Å². The Morgan fingerprint density at radius 2 is 1.67 bits per heavy atom. The Labute approximate surface area is 212 Å². The fourth-order valence-electron chi connectivity index (χ4n) is 4.74. The van der Waals surface area contributed by atoms with E-state index in [0.717, 1.165) is 5.56 Å². The van der Waals surface area contributed by atoms with Crippen LogP contribution in [0.5, 0.6) is 23.1 Å². The summed E-state index contributed by atoms with van der Waals surface area (Å²) in [5, 5.41) is 15.5. The molecular formula is C25H28FN5O4S. The van der Waals surface area contributed by atoms with E-state index in [1.54, 1.807) is 40.4 Å². The Bertz CT molecular complexity index is 1360. The summed E-state index contributed by atoms with van der Waals surface area (Å²) in [5.74, 6) is 1.95. The predicted molar refractivity (Wildman–Crippen MR) is 135 cm³/mol. The van der Waals surface area contributed by atoms with E-state index in [2.05, 4.69) is 15.0 Å². The van der Waals surface area contributed by atoms with Gasteiger partial charge in [-0.3, -0.25) is 4.90 Å². The Balaban J connectivity index is 1.56. The minimum Gasteiger partial charge on any atom is -0.493 e. The van der Waals surface area contributed by atoms with Gasteiger partial charge in [-0.05, 0) is 36.8 Å². The van der Waals surface area contributed by atoms with Crippen molar-refractivity contribution in [3.8, 4) is 23.1 Å². The highest BCUT2D eigenvalue weighted by Crippen LogP contribution is 2.46. The number of aromatic nitrogens is 3. The van der Waals surface area contributed by atoms with Crippen LogP contribution in [-0.2, 0) is 0 Å². The van der Waals surface area contributed by atoms with Gasteiger partial charge in [0, 0.05) is 26.2 Å². The van der Waals surface area contributed by atoms with E-state index in [1.807, 2.05) is 23.1 Å². The largest absolute Gasteiger partial charge is 0.493 e. The van der Waals surface area contributed by atoms with Crippen molar-refractivity contribution in [2.45, 2.75) is 13.0 Å². The maximum absolute atomic E-state index is 14.4. The summed E-state index contributed by atoms with van der Waals surface area (Å²) in [4.78, 5) is 10.1. The van der Waals surface area contributed by atoms with E-state index in [0.29, 0.717) is 64.8 Å². The molecule has 36 heavy (non-hydrogen) atoms. The molecule has 4 aromatic rings. The first-order chi connectivity index (χ1) is 17.4. The molecule has 1 N–H and O–H groups in total. The van der Waals surface area contributed by atoms with Gasteiger partial charge in [0.1, 0.15) is 11.6 Å². The Hall–Kier alpha value is -3.57. The average Bonchev–Trinajstić information content (AvgIpc) is 3.40. The first kappa shape index (κ1) is 24.1. The second-order valence-electron chi connectivity index (χ2n) is 8.48. The van der Waals surface area contributed by atoms with Gasteiger partial charge in [-0.1, -0.05) is 23.5 Å². The van der Waals surface area contributed by atoms with Gasteiger partial charge in [-0.15, -0.1) is 5.10 Å². The third-order valence-corrected chi connectivity index (χ3v) is 7.50. The predicted octanol–water partition coefficient (Wildman–Crippen LogP) is 3.88. The maximum atomic E-state index is 14.4. The lowest BCUT2D eigenvalue weighted by Crippen LogP contribution is -2.48. The molecule has 0 amide bonds. The lowest BCUT2D eigenvalue weighted by molar-refractivity contribution is 0.209. The van der Waals surface area contributed by atoms with Crippen LogP contribution in [-0.4, -0.2) is 72.1 Å². The number of fused-ring (bicyclic) bond motifs is 1. The van der Waals surface area contributed by atoms with E-state index < -0.39 is 0 Å². The molecule has 1 saturated heterocycles. The van der Waals surface area contributed by atoms with Crippen molar-refractivity contribution >= 4 is 22.0 Å². The number of piperazine rings is 1. The summed E-state index contributed by atoms with van der Waals surface area (Å²) in [6, 6.07) is 10.3. The average molecular weight is 514 g/mol. The fourth-order valence-corrected chi connectivity index (χ4v) is 5.91. The molecule has 190 valence electrons. The molecular weight excluding hydrogens is 485 g/mol. The van der Waals surface area contributed by atoms with Crippen LogP contribution in [0, 0.1) is 12.7 Å². The number of aryl methyl sites for hydroxylation is 1. The van der Waals surface area contributed by atoms with Gasteiger partial charge in [0.25, 0.3) is 0 Å². The molecule has 1 atom stereocenters. The minimum absolute atomic E-state index is 0.0471. The third-order valence-electron chi connectivity index (χ3n) is 6.43. The van der Waals surface area contributed by atoms with E-state index in [-0.39, 0.29) is 17.7 Å². The SMILES string of the molecule is COc1cc([C@@H](c2sc3nc(C)nn3c2O)N2CCN(c3ccccc3F)CC2)cc(OC)c1OC. The molecule has 0 radical (unpaired) electrons. The Morgan fingerprint density at radius 3 is 2.25 bits per heavy atom. The van der Waals surface area contributed by atoms with Gasteiger partial charge >= 0.3 is 0 Å². The van der Waals surface area contributed by atoms with Gasteiger partial charge in [-0.25, -0.2) is 9.37 Å². The Morgan fingerprint density at radius 1 is 1.00 bits per heavy atom. The number of thiazole rings is 1. The van der Waals surface area contributed by atoms with Crippen molar-refractivity contribution < 1.29 is 23.7 Å². The maximum Gasteiger partial charge on any atom is 0.230 e. The lowest BCUT2D eigenvalue weighted by Gasteiger charge is -2.40. The van der Waals surface area contributed by atoms with Crippen LogP contribution < -0.4 is 19.1 Å². The number of rotatable bonds is 7. The van der Waals surface area contributed by atoms with Crippen molar-refractivity contribution in [2.75, 3.05) is 52.4 Å². The van der Waals surface area contributed by atoms with Gasteiger partial charge in [0.15, 0.2) is 11.5 Å². The smallest absolute Gasteiger partial charge is 0.230 e. The summed E-state index contributed by atoms with van der Waals surface area (Å²) in [6.07, 6.45) is 0.